The van der Waals surface area contributed by atoms with Crippen molar-refractivity contribution in [3.8, 4) is 0 Å². The zero-order valence-electron chi connectivity index (χ0n) is 10.3. The van der Waals surface area contributed by atoms with E-state index in [0.29, 0.717) is 31.0 Å². The number of para-hydroxylation sites is 1. The summed E-state index contributed by atoms with van der Waals surface area (Å²) in [4.78, 5) is 19.5. The van der Waals surface area contributed by atoms with Gasteiger partial charge in [-0.15, -0.1) is 0 Å². The number of H-pyrrole nitrogens is 1. The molecule has 0 saturated carbocycles. The number of anilines is 2. The Morgan fingerprint density at radius 3 is 2.84 bits per heavy atom. The molecule has 0 aliphatic carbocycles. The highest BCUT2D eigenvalue weighted by Gasteiger charge is 2.14. The lowest BCUT2D eigenvalue weighted by Gasteiger charge is -2.23. The van der Waals surface area contributed by atoms with Crippen molar-refractivity contribution in [2.75, 3.05) is 18.0 Å². The van der Waals surface area contributed by atoms with Gasteiger partial charge in [-0.25, -0.2) is 9.37 Å². The van der Waals surface area contributed by atoms with Gasteiger partial charge in [-0.2, -0.15) is 0 Å². The SMILES string of the molecule is NCCCN(c1cc(=O)[nH]cn1)c1ccccc1F. The first kappa shape index (κ1) is 13.2. The van der Waals surface area contributed by atoms with Gasteiger partial charge in [-0.05, 0) is 25.1 Å². The largest absolute Gasteiger partial charge is 0.330 e. The van der Waals surface area contributed by atoms with Gasteiger partial charge in [0.1, 0.15) is 11.6 Å². The number of hydrogen-bond acceptors (Lipinski definition) is 4. The van der Waals surface area contributed by atoms with Crippen molar-refractivity contribution >= 4 is 11.5 Å². The maximum Gasteiger partial charge on any atom is 0.252 e. The summed E-state index contributed by atoms with van der Waals surface area (Å²) in [5.74, 6) is 0.0453. The van der Waals surface area contributed by atoms with Crippen LogP contribution in [-0.2, 0) is 0 Å². The normalized spacial score (nSPS) is 10.4. The third-order valence-corrected chi connectivity index (χ3v) is 2.67. The Morgan fingerprint density at radius 1 is 1.37 bits per heavy atom. The fraction of sp³-hybridized carbons (Fsp3) is 0.231. The van der Waals surface area contributed by atoms with Crippen LogP contribution in [0.2, 0.25) is 0 Å². The monoisotopic (exact) mass is 262 g/mol. The van der Waals surface area contributed by atoms with Crippen LogP contribution in [0.25, 0.3) is 0 Å². The van der Waals surface area contributed by atoms with Gasteiger partial charge in [0.15, 0.2) is 0 Å². The minimum atomic E-state index is -0.360. The summed E-state index contributed by atoms with van der Waals surface area (Å²) in [5.41, 5.74) is 5.60. The Bertz CT molecular complexity index is 599. The molecule has 0 aliphatic rings. The number of halogens is 1. The summed E-state index contributed by atoms with van der Waals surface area (Å²) in [6.45, 7) is 0.974. The molecule has 0 radical (unpaired) electrons. The molecule has 0 saturated heterocycles. The van der Waals surface area contributed by atoms with Crippen molar-refractivity contribution in [2.24, 2.45) is 5.73 Å². The van der Waals surface area contributed by atoms with Gasteiger partial charge in [-0.3, -0.25) is 4.79 Å². The number of benzene rings is 1. The first-order chi connectivity index (χ1) is 9.22. The highest BCUT2D eigenvalue weighted by Crippen LogP contribution is 2.25. The topological polar surface area (TPSA) is 75.0 Å². The Labute approximate surface area is 109 Å². The number of aromatic amines is 1. The summed E-state index contributed by atoms with van der Waals surface area (Å²) in [6.07, 6.45) is 1.97. The van der Waals surface area contributed by atoms with Crippen LogP contribution >= 0.6 is 0 Å². The molecule has 100 valence electrons. The molecule has 19 heavy (non-hydrogen) atoms. The Hall–Kier alpha value is -2.21. The molecule has 2 aromatic rings. The van der Waals surface area contributed by atoms with Crippen LogP contribution < -0.4 is 16.2 Å². The van der Waals surface area contributed by atoms with Gasteiger partial charge in [0.25, 0.3) is 5.56 Å². The van der Waals surface area contributed by atoms with E-state index in [9.17, 15) is 9.18 Å². The molecule has 0 atom stereocenters. The molecule has 5 nitrogen and oxygen atoms in total. The quantitative estimate of drug-likeness (QED) is 0.854. The summed E-state index contributed by atoms with van der Waals surface area (Å²) in [6, 6.07) is 7.71. The van der Waals surface area contributed by atoms with Gasteiger partial charge in [0, 0.05) is 12.6 Å². The lowest BCUT2D eigenvalue weighted by Crippen LogP contribution is -2.24. The third-order valence-electron chi connectivity index (χ3n) is 2.67. The molecule has 0 unspecified atom stereocenters. The molecule has 0 spiro atoms. The average Bonchev–Trinajstić information content (AvgIpc) is 2.41. The second kappa shape index (κ2) is 6.10. The summed E-state index contributed by atoms with van der Waals surface area (Å²) < 4.78 is 13.9. The molecule has 0 bridgehead atoms. The van der Waals surface area contributed by atoms with Gasteiger partial charge in [0.05, 0.1) is 12.0 Å². The summed E-state index contributed by atoms with van der Waals surface area (Å²) in [5, 5.41) is 0. The van der Waals surface area contributed by atoms with Crippen molar-refractivity contribution in [3.05, 3.63) is 52.8 Å². The molecular formula is C13H15FN4O. The number of nitrogens with one attached hydrogen (secondary N) is 1. The van der Waals surface area contributed by atoms with Crippen molar-refractivity contribution in [2.45, 2.75) is 6.42 Å². The van der Waals surface area contributed by atoms with Crippen LogP contribution in [0.1, 0.15) is 6.42 Å². The fourth-order valence-corrected chi connectivity index (χ4v) is 1.78. The second-order valence-corrected chi connectivity index (χ2v) is 4.01. The zero-order valence-corrected chi connectivity index (χ0v) is 10.3. The molecule has 3 N–H and O–H groups in total. The first-order valence-corrected chi connectivity index (χ1v) is 5.99. The van der Waals surface area contributed by atoms with Crippen LogP contribution in [0.4, 0.5) is 15.9 Å². The number of rotatable bonds is 5. The number of nitrogens with two attached hydrogens (primary N) is 1. The second-order valence-electron chi connectivity index (χ2n) is 4.01. The predicted octanol–water partition coefficient (Wildman–Crippen LogP) is 1.40. The lowest BCUT2D eigenvalue weighted by atomic mass is 10.2. The van der Waals surface area contributed by atoms with Crippen molar-refractivity contribution in [1.29, 1.82) is 0 Å². The molecule has 1 aromatic carbocycles. The van der Waals surface area contributed by atoms with Crippen LogP contribution in [-0.4, -0.2) is 23.1 Å². The molecular weight excluding hydrogens is 247 g/mol. The van der Waals surface area contributed by atoms with E-state index in [-0.39, 0.29) is 11.4 Å². The minimum absolute atomic E-state index is 0.279. The van der Waals surface area contributed by atoms with E-state index in [1.807, 2.05) is 0 Å². The van der Waals surface area contributed by atoms with E-state index >= 15 is 0 Å². The van der Waals surface area contributed by atoms with Crippen LogP contribution in [0, 0.1) is 5.82 Å². The van der Waals surface area contributed by atoms with E-state index in [2.05, 4.69) is 9.97 Å². The molecule has 1 aromatic heterocycles. The van der Waals surface area contributed by atoms with Crippen LogP contribution in [0.5, 0.6) is 0 Å². The predicted molar refractivity (Wildman–Crippen MR) is 71.9 cm³/mol. The number of hydrogen-bond donors (Lipinski definition) is 2. The van der Waals surface area contributed by atoms with Crippen LogP contribution in [0.3, 0.4) is 0 Å². The van der Waals surface area contributed by atoms with E-state index < -0.39 is 0 Å². The Morgan fingerprint density at radius 2 is 2.16 bits per heavy atom. The Kier molecular flexibility index (Phi) is 4.25. The van der Waals surface area contributed by atoms with E-state index in [0.717, 1.165) is 0 Å². The number of nitrogens with zero attached hydrogens (tertiary/aromatic N) is 2. The Balaban J connectivity index is 2.41. The number of aromatic nitrogens is 2. The van der Waals surface area contributed by atoms with Gasteiger partial charge < -0.3 is 15.6 Å². The van der Waals surface area contributed by atoms with Gasteiger partial charge in [0.2, 0.25) is 0 Å². The van der Waals surface area contributed by atoms with Crippen molar-refractivity contribution in [3.63, 3.8) is 0 Å². The highest BCUT2D eigenvalue weighted by molar-refractivity contribution is 5.59. The smallest absolute Gasteiger partial charge is 0.252 e. The molecule has 0 fully saturated rings. The fourth-order valence-electron chi connectivity index (χ4n) is 1.78. The molecule has 1 heterocycles. The van der Waals surface area contributed by atoms with Crippen LogP contribution in [0.15, 0.2) is 41.5 Å². The molecule has 0 aliphatic heterocycles. The minimum Gasteiger partial charge on any atom is -0.330 e. The third kappa shape index (κ3) is 3.17. The lowest BCUT2D eigenvalue weighted by molar-refractivity contribution is 0.622. The van der Waals surface area contributed by atoms with Crippen molar-refractivity contribution < 1.29 is 4.39 Å². The van der Waals surface area contributed by atoms with Crippen molar-refractivity contribution in [1.82, 2.24) is 9.97 Å². The summed E-state index contributed by atoms with van der Waals surface area (Å²) >= 11 is 0. The maximum atomic E-state index is 13.9. The summed E-state index contributed by atoms with van der Waals surface area (Å²) in [7, 11) is 0. The molecule has 6 heteroatoms. The highest BCUT2D eigenvalue weighted by atomic mass is 19.1. The zero-order chi connectivity index (χ0) is 13.7. The van der Waals surface area contributed by atoms with Gasteiger partial charge in [-0.1, -0.05) is 12.1 Å². The van der Waals surface area contributed by atoms with E-state index in [4.69, 9.17) is 5.73 Å². The van der Waals surface area contributed by atoms with E-state index in [1.165, 1.54) is 18.5 Å². The molecule has 2 rings (SSSR count). The molecule has 0 amide bonds. The first-order valence-electron chi connectivity index (χ1n) is 5.99. The van der Waals surface area contributed by atoms with Gasteiger partial charge >= 0.3 is 0 Å². The van der Waals surface area contributed by atoms with E-state index in [1.54, 1.807) is 23.1 Å². The standard InChI is InChI=1S/C13H15FN4O/c14-10-4-1-2-5-11(10)18(7-3-6-15)12-8-13(19)17-9-16-12/h1-2,4-5,8-9H,3,6-7,15H2,(H,16,17,19). The maximum absolute atomic E-state index is 13.9. The average molecular weight is 262 g/mol.